The van der Waals surface area contributed by atoms with Crippen LogP contribution in [-0.2, 0) is 23.8 Å². The molecular weight excluding hydrogens is 765 g/mol. The highest BCUT2D eigenvalue weighted by Gasteiger charge is 2.17. The molecule has 0 spiro atoms. The SMILES string of the molecule is CC/C=C\C/C=C\C/C=C\C/C=C\CCCCC(=O)OCC(COCCCCCCCC/C=C\CCCCCCCC)OC(=O)CCCCCCC/C=C\CCCCCCCC. The van der Waals surface area contributed by atoms with Crippen molar-refractivity contribution in [2.75, 3.05) is 19.8 Å². The molecule has 0 bridgehead atoms. The lowest BCUT2D eigenvalue weighted by Crippen LogP contribution is -2.30. The summed E-state index contributed by atoms with van der Waals surface area (Å²) in [4.78, 5) is 25.4. The number of rotatable bonds is 48. The molecule has 0 aromatic heterocycles. The molecule has 1 unspecified atom stereocenters. The van der Waals surface area contributed by atoms with E-state index in [-0.39, 0.29) is 25.2 Å². The molecule has 0 aliphatic heterocycles. The molecule has 0 aromatic rings. The molecule has 358 valence electrons. The van der Waals surface area contributed by atoms with Crippen molar-refractivity contribution in [2.45, 2.75) is 258 Å². The summed E-state index contributed by atoms with van der Waals surface area (Å²) < 4.78 is 17.4. The van der Waals surface area contributed by atoms with Gasteiger partial charge in [-0.15, -0.1) is 0 Å². The van der Waals surface area contributed by atoms with Crippen LogP contribution < -0.4 is 0 Å². The minimum absolute atomic E-state index is 0.0568. The number of carbonyl (C=O) groups excluding carboxylic acids is 2. The Morgan fingerprint density at radius 1 is 0.371 bits per heavy atom. The van der Waals surface area contributed by atoms with Crippen molar-refractivity contribution in [3.8, 4) is 0 Å². The van der Waals surface area contributed by atoms with E-state index in [1.807, 2.05) is 0 Å². The van der Waals surface area contributed by atoms with Gasteiger partial charge >= 0.3 is 11.9 Å². The normalized spacial score (nSPS) is 12.8. The van der Waals surface area contributed by atoms with E-state index in [0.29, 0.717) is 19.4 Å². The molecule has 0 N–H and O–H groups in total. The topological polar surface area (TPSA) is 61.8 Å². The Morgan fingerprint density at radius 3 is 1.21 bits per heavy atom. The Labute approximate surface area is 385 Å². The average molecular weight is 865 g/mol. The Hall–Kier alpha value is -2.66. The fraction of sp³-hybridized carbons (Fsp3) is 0.754. The maximum atomic E-state index is 12.8. The lowest BCUT2D eigenvalue weighted by atomic mass is 10.1. The molecule has 0 aliphatic carbocycles. The van der Waals surface area contributed by atoms with Crippen molar-refractivity contribution in [1.82, 2.24) is 0 Å². The van der Waals surface area contributed by atoms with E-state index in [9.17, 15) is 9.59 Å². The molecule has 62 heavy (non-hydrogen) atoms. The van der Waals surface area contributed by atoms with Crippen LogP contribution in [0.1, 0.15) is 252 Å². The second-order valence-corrected chi connectivity index (χ2v) is 17.4. The summed E-state index contributed by atoms with van der Waals surface area (Å²) in [6.07, 6.45) is 67.7. The predicted molar refractivity (Wildman–Crippen MR) is 270 cm³/mol. The highest BCUT2D eigenvalue weighted by Crippen LogP contribution is 2.13. The van der Waals surface area contributed by atoms with Crippen LogP contribution >= 0.6 is 0 Å². The third-order valence-electron chi connectivity index (χ3n) is 11.2. The maximum Gasteiger partial charge on any atom is 0.306 e. The summed E-state index contributed by atoms with van der Waals surface area (Å²) in [5, 5.41) is 0. The van der Waals surface area contributed by atoms with Gasteiger partial charge in [0.05, 0.1) is 6.61 Å². The van der Waals surface area contributed by atoms with Crippen molar-refractivity contribution >= 4 is 11.9 Å². The van der Waals surface area contributed by atoms with Gasteiger partial charge in [0.1, 0.15) is 6.61 Å². The Bertz CT molecular complexity index is 1110. The minimum Gasteiger partial charge on any atom is -0.462 e. The van der Waals surface area contributed by atoms with Crippen molar-refractivity contribution in [3.05, 3.63) is 72.9 Å². The number of allylic oxidation sites excluding steroid dienone is 12. The average Bonchev–Trinajstić information content (AvgIpc) is 3.27. The summed E-state index contributed by atoms with van der Waals surface area (Å²) in [5.41, 5.74) is 0. The van der Waals surface area contributed by atoms with E-state index >= 15 is 0 Å². The van der Waals surface area contributed by atoms with Gasteiger partial charge in [-0.3, -0.25) is 9.59 Å². The maximum absolute atomic E-state index is 12.8. The molecule has 1 atom stereocenters. The predicted octanol–water partition coefficient (Wildman–Crippen LogP) is 17.9. The lowest BCUT2D eigenvalue weighted by molar-refractivity contribution is -0.163. The van der Waals surface area contributed by atoms with Crippen LogP contribution in [0.25, 0.3) is 0 Å². The highest BCUT2D eigenvalue weighted by molar-refractivity contribution is 5.70. The summed E-state index contributed by atoms with van der Waals surface area (Å²) in [7, 11) is 0. The number of ether oxygens (including phenoxy) is 3. The first-order valence-electron chi connectivity index (χ1n) is 26.5. The molecular formula is C57H100O5. The number of esters is 2. The van der Waals surface area contributed by atoms with E-state index in [1.54, 1.807) is 0 Å². The Morgan fingerprint density at radius 2 is 0.726 bits per heavy atom. The van der Waals surface area contributed by atoms with Gasteiger partial charge in [0.2, 0.25) is 0 Å². The van der Waals surface area contributed by atoms with E-state index < -0.39 is 6.10 Å². The zero-order valence-electron chi connectivity index (χ0n) is 41.1. The van der Waals surface area contributed by atoms with Gasteiger partial charge in [-0.1, -0.05) is 203 Å². The van der Waals surface area contributed by atoms with E-state index in [0.717, 1.165) is 83.5 Å². The van der Waals surface area contributed by atoms with Crippen LogP contribution in [0.15, 0.2) is 72.9 Å². The first-order chi connectivity index (χ1) is 30.6. The summed E-state index contributed by atoms with van der Waals surface area (Å²) in [6.45, 7) is 7.65. The molecule has 0 amide bonds. The van der Waals surface area contributed by atoms with E-state index in [1.165, 1.54) is 135 Å². The van der Waals surface area contributed by atoms with Crippen molar-refractivity contribution in [2.24, 2.45) is 0 Å². The van der Waals surface area contributed by atoms with Gasteiger partial charge in [0, 0.05) is 19.4 Å². The second kappa shape index (κ2) is 52.7. The van der Waals surface area contributed by atoms with Crippen LogP contribution in [-0.4, -0.2) is 37.9 Å². The highest BCUT2D eigenvalue weighted by atomic mass is 16.6. The van der Waals surface area contributed by atoms with Gasteiger partial charge in [0.25, 0.3) is 0 Å². The van der Waals surface area contributed by atoms with Crippen LogP contribution in [0.4, 0.5) is 0 Å². The first-order valence-corrected chi connectivity index (χ1v) is 26.5. The Kier molecular flexibility index (Phi) is 50.4. The van der Waals surface area contributed by atoms with Crippen LogP contribution in [0.3, 0.4) is 0 Å². The Balaban J connectivity index is 4.35. The smallest absolute Gasteiger partial charge is 0.306 e. The summed E-state index contributed by atoms with van der Waals surface area (Å²) >= 11 is 0. The number of hydrogen-bond acceptors (Lipinski definition) is 5. The van der Waals surface area contributed by atoms with Gasteiger partial charge in [-0.05, 0) is 109 Å². The zero-order valence-corrected chi connectivity index (χ0v) is 41.1. The third-order valence-corrected chi connectivity index (χ3v) is 11.2. The lowest BCUT2D eigenvalue weighted by Gasteiger charge is -2.18. The van der Waals surface area contributed by atoms with Gasteiger partial charge < -0.3 is 14.2 Å². The van der Waals surface area contributed by atoms with Gasteiger partial charge in [0.15, 0.2) is 6.10 Å². The molecule has 5 nitrogen and oxygen atoms in total. The number of carbonyl (C=O) groups is 2. The zero-order chi connectivity index (χ0) is 44.9. The van der Waals surface area contributed by atoms with Gasteiger partial charge in [-0.25, -0.2) is 0 Å². The molecule has 0 radical (unpaired) electrons. The molecule has 0 saturated carbocycles. The summed E-state index contributed by atoms with van der Waals surface area (Å²) in [5.74, 6) is -0.454. The quantitative estimate of drug-likeness (QED) is 0.0346. The fourth-order valence-corrected chi connectivity index (χ4v) is 7.25. The van der Waals surface area contributed by atoms with Crippen LogP contribution in [0.5, 0.6) is 0 Å². The minimum atomic E-state index is -0.562. The molecule has 0 aliphatic rings. The molecule has 0 heterocycles. The van der Waals surface area contributed by atoms with Crippen LogP contribution in [0, 0.1) is 0 Å². The molecule has 0 saturated heterocycles. The van der Waals surface area contributed by atoms with E-state index in [2.05, 4.69) is 93.7 Å². The van der Waals surface area contributed by atoms with Crippen molar-refractivity contribution in [1.29, 1.82) is 0 Å². The molecule has 5 heteroatoms. The number of hydrogen-bond donors (Lipinski definition) is 0. The monoisotopic (exact) mass is 865 g/mol. The summed E-state index contributed by atoms with van der Waals surface area (Å²) in [6, 6.07) is 0. The second-order valence-electron chi connectivity index (χ2n) is 17.4. The molecule has 0 aromatic carbocycles. The number of unbranched alkanes of at least 4 members (excludes halogenated alkanes) is 25. The van der Waals surface area contributed by atoms with Crippen LogP contribution in [0.2, 0.25) is 0 Å². The third kappa shape index (κ3) is 50.0. The van der Waals surface area contributed by atoms with Crippen molar-refractivity contribution in [3.63, 3.8) is 0 Å². The van der Waals surface area contributed by atoms with Crippen molar-refractivity contribution < 1.29 is 23.8 Å². The standard InChI is InChI=1S/C57H100O5/c1-4-7-10-13-16-19-22-25-28-31-34-37-40-43-46-49-52-60-53-55(62-57(59)51-48-45-42-39-36-33-30-27-24-21-18-15-12-9-6-3)54-61-56(58)50-47-44-41-38-35-32-29-26-23-20-17-14-11-8-5-2/h8,11,17,20,25-30,35,38,55H,4-7,9-10,12-16,18-19,21-24,31-34,36-37,39-54H2,1-3H3/b11-8-,20-17-,28-25-,29-26-,30-27-,38-35-. The van der Waals surface area contributed by atoms with Gasteiger partial charge in [-0.2, -0.15) is 0 Å². The molecule has 0 fully saturated rings. The van der Waals surface area contributed by atoms with E-state index in [4.69, 9.17) is 14.2 Å². The first kappa shape index (κ1) is 59.3. The fourth-order valence-electron chi connectivity index (χ4n) is 7.25. The molecule has 0 rings (SSSR count). The largest absolute Gasteiger partial charge is 0.462 e.